The van der Waals surface area contributed by atoms with Crippen molar-refractivity contribution in [3.8, 4) is 11.5 Å². The second kappa shape index (κ2) is 8.21. The van der Waals surface area contributed by atoms with Crippen molar-refractivity contribution in [2.75, 3.05) is 12.4 Å². The number of benzene rings is 2. The van der Waals surface area contributed by atoms with Crippen LogP contribution in [0.15, 0.2) is 42.5 Å². The summed E-state index contributed by atoms with van der Waals surface area (Å²) in [5, 5.41) is 11.7. The number of carbonyl (C=O) groups is 2. The summed E-state index contributed by atoms with van der Waals surface area (Å²) in [7, 11) is 1.18. The van der Waals surface area contributed by atoms with Gasteiger partial charge in [0.05, 0.1) is 18.4 Å². The van der Waals surface area contributed by atoms with Gasteiger partial charge in [0.15, 0.2) is 11.5 Å². The summed E-state index contributed by atoms with van der Waals surface area (Å²) in [4.78, 5) is 23.7. The lowest BCUT2D eigenvalue weighted by atomic mass is 10.1. The molecule has 1 saturated carbocycles. The highest BCUT2D eigenvalue weighted by atomic mass is 19.3. The van der Waals surface area contributed by atoms with Gasteiger partial charge in [-0.15, -0.1) is 0 Å². The molecule has 160 valence electrons. The fraction of sp³-hybridized carbons (Fsp3) is 0.300. The first-order valence-corrected chi connectivity index (χ1v) is 8.80. The quantitative estimate of drug-likeness (QED) is 0.611. The van der Waals surface area contributed by atoms with Crippen LogP contribution in [0.4, 0.5) is 23.2 Å². The van der Waals surface area contributed by atoms with Gasteiger partial charge in [-0.2, -0.15) is 17.6 Å². The van der Waals surface area contributed by atoms with Crippen LogP contribution in [0.3, 0.4) is 0 Å². The van der Waals surface area contributed by atoms with E-state index in [1.807, 2.05) is 0 Å². The van der Waals surface area contributed by atoms with E-state index in [2.05, 4.69) is 10.1 Å². The molecule has 0 spiro atoms. The lowest BCUT2D eigenvalue weighted by Crippen LogP contribution is -2.33. The molecular weight excluding hydrogens is 410 g/mol. The number of methoxy groups -OCH3 is 1. The standard InChI is InChI=1S/C20H17F4NO5/c1-29-15-7-6-10(8-16(15)30-20(23,24)19(21)22)12-9-13(12)17(26)25-14-5-3-2-4-11(14)18(27)28/h2-8,12-13,19H,9H2,1H3,(H,25,26)(H,27,28). The number of hydrogen-bond donors (Lipinski definition) is 2. The first-order chi connectivity index (χ1) is 14.1. The molecule has 2 atom stereocenters. The van der Waals surface area contributed by atoms with Crippen molar-refractivity contribution in [2.24, 2.45) is 5.92 Å². The molecule has 1 aliphatic rings. The van der Waals surface area contributed by atoms with Crippen molar-refractivity contribution in [3.05, 3.63) is 53.6 Å². The number of carboxylic acids is 1. The average Bonchev–Trinajstić information content (AvgIpc) is 3.49. The molecule has 0 heterocycles. The highest BCUT2D eigenvalue weighted by Gasteiger charge is 2.46. The second-order valence-electron chi connectivity index (χ2n) is 6.66. The topological polar surface area (TPSA) is 84.9 Å². The molecule has 3 rings (SSSR count). The summed E-state index contributed by atoms with van der Waals surface area (Å²) in [5.41, 5.74) is 0.496. The van der Waals surface area contributed by atoms with E-state index in [1.165, 1.54) is 37.4 Å². The van der Waals surface area contributed by atoms with E-state index >= 15 is 0 Å². The Hall–Kier alpha value is -3.30. The molecule has 2 N–H and O–H groups in total. The molecule has 0 radical (unpaired) electrons. The lowest BCUT2D eigenvalue weighted by Gasteiger charge is -2.19. The number of halogens is 4. The number of rotatable bonds is 8. The van der Waals surface area contributed by atoms with Gasteiger partial charge in [0, 0.05) is 5.92 Å². The van der Waals surface area contributed by atoms with Gasteiger partial charge in [-0.3, -0.25) is 4.79 Å². The average molecular weight is 427 g/mol. The first kappa shape index (κ1) is 21.4. The number of anilines is 1. The summed E-state index contributed by atoms with van der Waals surface area (Å²) in [6.45, 7) is 0. The predicted octanol–water partition coefficient (Wildman–Crippen LogP) is 4.37. The van der Waals surface area contributed by atoms with E-state index < -0.39 is 36.1 Å². The predicted molar refractivity (Wildman–Crippen MR) is 97.5 cm³/mol. The van der Waals surface area contributed by atoms with Gasteiger partial charge in [0.25, 0.3) is 0 Å². The zero-order chi connectivity index (χ0) is 22.1. The Morgan fingerprint density at radius 2 is 1.87 bits per heavy atom. The number of carboxylic acid groups (broad SMARTS) is 1. The summed E-state index contributed by atoms with van der Waals surface area (Å²) in [6.07, 6.45) is -8.36. The van der Waals surface area contributed by atoms with Crippen LogP contribution in [0.25, 0.3) is 0 Å². The molecule has 0 bridgehead atoms. The maximum atomic E-state index is 13.3. The van der Waals surface area contributed by atoms with Gasteiger partial charge in [0.2, 0.25) is 5.91 Å². The maximum Gasteiger partial charge on any atom is 0.461 e. The van der Waals surface area contributed by atoms with Crippen LogP contribution in [0.2, 0.25) is 0 Å². The highest BCUT2D eigenvalue weighted by Crippen LogP contribution is 2.50. The molecule has 1 amide bonds. The van der Waals surface area contributed by atoms with Gasteiger partial charge in [-0.1, -0.05) is 18.2 Å². The number of amides is 1. The normalized spacial score (nSPS) is 18.1. The highest BCUT2D eigenvalue weighted by molar-refractivity contribution is 6.02. The van der Waals surface area contributed by atoms with Crippen LogP contribution in [0.5, 0.6) is 11.5 Å². The number of nitrogens with one attached hydrogen (secondary N) is 1. The minimum atomic E-state index is -4.70. The van der Waals surface area contributed by atoms with Crippen molar-refractivity contribution in [1.29, 1.82) is 0 Å². The molecule has 30 heavy (non-hydrogen) atoms. The summed E-state index contributed by atoms with van der Waals surface area (Å²) < 4.78 is 60.6. The molecule has 10 heteroatoms. The van der Waals surface area contributed by atoms with Gasteiger partial charge in [0.1, 0.15) is 0 Å². The fourth-order valence-corrected chi connectivity index (χ4v) is 3.05. The third-order valence-electron chi connectivity index (χ3n) is 4.66. The van der Waals surface area contributed by atoms with E-state index in [9.17, 15) is 32.3 Å². The van der Waals surface area contributed by atoms with E-state index in [1.54, 1.807) is 6.07 Å². The maximum absolute atomic E-state index is 13.3. The Morgan fingerprint density at radius 3 is 2.50 bits per heavy atom. The lowest BCUT2D eigenvalue weighted by molar-refractivity contribution is -0.253. The molecule has 2 unspecified atom stereocenters. The molecule has 6 nitrogen and oxygen atoms in total. The number of para-hydroxylation sites is 1. The Bertz CT molecular complexity index is 966. The smallest absolute Gasteiger partial charge is 0.461 e. The monoisotopic (exact) mass is 427 g/mol. The number of aromatic carboxylic acids is 1. The van der Waals surface area contributed by atoms with Crippen LogP contribution in [-0.2, 0) is 4.79 Å². The van der Waals surface area contributed by atoms with E-state index in [0.29, 0.717) is 12.0 Å². The zero-order valence-corrected chi connectivity index (χ0v) is 15.6. The molecule has 0 aliphatic heterocycles. The van der Waals surface area contributed by atoms with Gasteiger partial charge >= 0.3 is 18.5 Å². The molecule has 2 aromatic carbocycles. The van der Waals surface area contributed by atoms with Gasteiger partial charge < -0.3 is 19.9 Å². The largest absolute Gasteiger partial charge is 0.493 e. The van der Waals surface area contributed by atoms with Crippen molar-refractivity contribution in [1.82, 2.24) is 0 Å². The van der Waals surface area contributed by atoms with Crippen molar-refractivity contribution in [3.63, 3.8) is 0 Å². The number of ether oxygens (including phenoxy) is 2. The molecule has 0 saturated heterocycles. The van der Waals surface area contributed by atoms with Crippen molar-refractivity contribution < 1.29 is 41.7 Å². The number of hydrogen-bond acceptors (Lipinski definition) is 4. The van der Waals surface area contributed by atoms with E-state index in [4.69, 9.17) is 4.74 Å². The van der Waals surface area contributed by atoms with E-state index in [-0.39, 0.29) is 22.9 Å². The van der Waals surface area contributed by atoms with Crippen LogP contribution >= 0.6 is 0 Å². The molecule has 1 aliphatic carbocycles. The Kier molecular flexibility index (Phi) is 5.86. The number of carbonyl (C=O) groups excluding carboxylic acids is 1. The van der Waals surface area contributed by atoms with Crippen molar-refractivity contribution >= 4 is 17.6 Å². The van der Waals surface area contributed by atoms with Gasteiger partial charge in [-0.25, -0.2) is 4.79 Å². The SMILES string of the molecule is COc1ccc(C2CC2C(=O)Nc2ccccc2C(=O)O)cc1OC(F)(F)C(F)F. The third kappa shape index (κ3) is 4.47. The number of alkyl halides is 4. The van der Waals surface area contributed by atoms with Crippen molar-refractivity contribution in [2.45, 2.75) is 24.9 Å². The minimum Gasteiger partial charge on any atom is -0.493 e. The summed E-state index contributed by atoms with van der Waals surface area (Å²) >= 11 is 0. The molecular formula is C20H17F4NO5. The Balaban J connectivity index is 1.75. The van der Waals surface area contributed by atoms with Gasteiger partial charge in [-0.05, 0) is 42.2 Å². The summed E-state index contributed by atoms with van der Waals surface area (Å²) in [5.74, 6) is -3.27. The van der Waals surface area contributed by atoms with E-state index in [0.717, 1.165) is 6.07 Å². The van der Waals surface area contributed by atoms with Crippen LogP contribution < -0.4 is 14.8 Å². The molecule has 0 aromatic heterocycles. The second-order valence-corrected chi connectivity index (χ2v) is 6.66. The fourth-order valence-electron chi connectivity index (χ4n) is 3.05. The minimum absolute atomic E-state index is 0.0718. The first-order valence-electron chi connectivity index (χ1n) is 8.80. The Morgan fingerprint density at radius 1 is 1.17 bits per heavy atom. The zero-order valence-electron chi connectivity index (χ0n) is 15.6. The summed E-state index contributed by atoms with van der Waals surface area (Å²) in [6, 6.07) is 9.84. The Labute approximate surface area is 168 Å². The molecule has 2 aromatic rings. The third-order valence-corrected chi connectivity index (χ3v) is 4.66. The molecule has 1 fully saturated rings. The van der Waals surface area contributed by atoms with Crippen LogP contribution in [0.1, 0.15) is 28.3 Å². The van der Waals surface area contributed by atoms with Crippen LogP contribution in [0, 0.1) is 5.92 Å². The van der Waals surface area contributed by atoms with Crippen LogP contribution in [-0.4, -0.2) is 36.6 Å².